The summed E-state index contributed by atoms with van der Waals surface area (Å²) in [6.07, 6.45) is 7.58. The predicted octanol–water partition coefficient (Wildman–Crippen LogP) is 1.40. The van der Waals surface area contributed by atoms with E-state index >= 15 is 0 Å². The first-order valence-electron chi connectivity index (χ1n) is 8.05. The van der Waals surface area contributed by atoms with E-state index in [1.165, 1.54) is 12.8 Å². The van der Waals surface area contributed by atoms with Gasteiger partial charge >= 0.3 is 0 Å². The lowest BCUT2D eigenvalue weighted by Crippen LogP contribution is -2.40. The van der Waals surface area contributed by atoms with Gasteiger partial charge in [0, 0.05) is 6.61 Å². The molecule has 0 amide bonds. The molecule has 0 aromatic heterocycles. The third-order valence-corrected chi connectivity index (χ3v) is 3.66. The monoisotopic (exact) mass is 302 g/mol. The topological polar surface area (TPSA) is 79.2 Å². The molecule has 5 nitrogen and oxygen atoms in total. The molecule has 0 bridgehead atoms. The first-order valence-corrected chi connectivity index (χ1v) is 8.05. The van der Waals surface area contributed by atoms with Crippen LogP contribution in [0.15, 0.2) is 12.2 Å². The van der Waals surface area contributed by atoms with Crippen LogP contribution in [0, 0.1) is 0 Å². The predicted molar refractivity (Wildman–Crippen MR) is 81.1 cm³/mol. The van der Waals surface area contributed by atoms with Gasteiger partial charge in [0.05, 0.1) is 13.2 Å². The molecule has 0 aliphatic carbocycles. The molecule has 1 fully saturated rings. The van der Waals surface area contributed by atoms with Crippen molar-refractivity contribution in [3.05, 3.63) is 12.2 Å². The number of aliphatic hydroxyl groups excluding tert-OH is 3. The van der Waals surface area contributed by atoms with Crippen molar-refractivity contribution in [1.29, 1.82) is 0 Å². The lowest BCUT2D eigenvalue weighted by molar-refractivity contribution is -0.0813. The second-order valence-corrected chi connectivity index (χ2v) is 5.61. The molecular weight excluding hydrogens is 272 g/mol. The van der Waals surface area contributed by atoms with Gasteiger partial charge in [-0.15, -0.1) is 0 Å². The van der Waals surface area contributed by atoms with E-state index in [1.807, 2.05) is 0 Å². The Balaban J connectivity index is 1.95. The van der Waals surface area contributed by atoms with Crippen molar-refractivity contribution in [2.24, 2.45) is 0 Å². The molecule has 124 valence electrons. The van der Waals surface area contributed by atoms with Crippen molar-refractivity contribution in [3.63, 3.8) is 0 Å². The van der Waals surface area contributed by atoms with Gasteiger partial charge in [-0.1, -0.05) is 31.9 Å². The summed E-state index contributed by atoms with van der Waals surface area (Å²) in [4.78, 5) is 0. The zero-order chi connectivity index (χ0) is 15.5. The van der Waals surface area contributed by atoms with E-state index in [4.69, 9.17) is 9.47 Å². The van der Waals surface area contributed by atoms with Gasteiger partial charge in [0.25, 0.3) is 0 Å². The van der Waals surface area contributed by atoms with Gasteiger partial charge < -0.3 is 24.8 Å². The Bertz CT molecular complexity index is 282. The third-order valence-electron chi connectivity index (χ3n) is 3.66. The summed E-state index contributed by atoms with van der Waals surface area (Å²) in [5, 5.41) is 28.7. The Morgan fingerprint density at radius 1 is 1.19 bits per heavy atom. The Hall–Kier alpha value is -0.460. The molecule has 21 heavy (non-hydrogen) atoms. The largest absolute Gasteiger partial charge is 0.388 e. The number of rotatable bonds is 11. The van der Waals surface area contributed by atoms with Gasteiger partial charge in [0.1, 0.15) is 24.4 Å². The third kappa shape index (κ3) is 7.38. The summed E-state index contributed by atoms with van der Waals surface area (Å²) in [5.74, 6) is 0. The maximum absolute atomic E-state index is 9.83. The second-order valence-electron chi connectivity index (χ2n) is 5.61. The number of hydrogen-bond acceptors (Lipinski definition) is 5. The average molecular weight is 302 g/mol. The summed E-state index contributed by atoms with van der Waals surface area (Å²) in [7, 11) is 0. The summed E-state index contributed by atoms with van der Waals surface area (Å²) in [5.41, 5.74) is 0. The lowest BCUT2D eigenvalue weighted by atomic mass is 10.1. The summed E-state index contributed by atoms with van der Waals surface area (Å²) < 4.78 is 10.5. The number of hydrogen-bond donors (Lipinski definition) is 3. The highest BCUT2D eigenvalue weighted by Gasteiger charge is 2.39. The van der Waals surface area contributed by atoms with Gasteiger partial charge in [-0.05, 0) is 25.7 Å². The van der Waals surface area contributed by atoms with Crippen LogP contribution in [0.1, 0.15) is 45.4 Å². The van der Waals surface area contributed by atoms with Gasteiger partial charge in [-0.25, -0.2) is 0 Å². The number of ether oxygens (including phenoxy) is 2. The fourth-order valence-electron chi connectivity index (χ4n) is 2.29. The quantitative estimate of drug-likeness (QED) is 0.397. The molecule has 1 aliphatic heterocycles. The Morgan fingerprint density at radius 2 is 1.90 bits per heavy atom. The van der Waals surface area contributed by atoms with E-state index in [1.54, 1.807) is 0 Å². The second kappa shape index (κ2) is 11.2. The summed E-state index contributed by atoms with van der Waals surface area (Å²) in [6.45, 7) is 2.97. The van der Waals surface area contributed by atoms with Crippen molar-refractivity contribution in [2.75, 3.05) is 19.8 Å². The minimum Gasteiger partial charge on any atom is -0.388 e. The maximum atomic E-state index is 9.83. The van der Waals surface area contributed by atoms with Gasteiger partial charge in [-0.3, -0.25) is 0 Å². The molecule has 4 atom stereocenters. The normalized spacial score (nSPS) is 27.5. The van der Waals surface area contributed by atoms with E-state index in [0.717, 1.165) is 25.7 Å². The van der Waals surface area contributed by atoms with Crippen LogP contribution < -0.4 is 0 Å². The van der Waals surface area contributed by atoms with E-state index in [9.17, 15) is 15.3 Å². The van der Waals surface area contributed by atoms with Crippen LogP contribution in [0.4, 0.5) is 0 Å². The van der Waals surface area contributed by atoms with Crippen molar-refractivity contribution in [3.8, 4) is 0 Å². The molecule has 0 saturated carbocycles. The Kier molecular flexibility index (Phi) is 9.87. The minimum absolute atomic E-state index is 0.0628. The number of aliphatic hydroxyl groups is 3. The first-order chi connectivity index (χ1) is 10.2. The maximum Gasteiger partial charge on any atom is 0.114 e. The fraction of sp³-hybridized carbons (Fsp3) is 0.875. The molecule has 1 aliphatic rings. The lowest BCUT2D eigenvalue weighted by Gasteiger charge is -2.20. The number of allylic oxidation sites excluding steroid dienone is 2. The van der Waals surface area contributed by atoms with Gasteiger partial charge in [-0.2, -0.15) is 0 Å². The fourth-order valence-corrected chi connectivity index (χ4v) is 2.29. The van der Waals surface area contributed by atoms with Gasteiger partial charge in [0.2, 0.25) is 0 Å². The summed E-state index contributed by atoms with van der Waals surface area (Å²) in [6, 6.07) is 0. The van der Waals surface area contributed by atoms with Crippen molar-refractivity contribution in [2.45, 2.75) is 69.9 Å². The van der Waals surface area contributed by atoms with E-state index < -0.39 is 24.4 Å². The SMILES string of the molecule is CCCC/C=C/CCCCOC[C@H](O)[C@H]1OC[C@@H](O)[C@H]1O. The van der Waals surface area contributed by atoms with Crippen LogP contribution in [0.25, 0.3) is 0 Å². The van der Waals surface area contributed by atoms with E-state index in [0.29, 0.717) is 6.61 Å². The van der Waals surface area contributed by atoms with Gasteiger partial charge in [0.15, 0.2) is 0 Å². The zero-order valence-electron chi connectivity index (χ0n) is 13.0. The van der Waals surface area contributed by atoms with Crippen LogP contribution >= 0.6 is 0 Å². The average Bonchev–Trinajstić information content (AvgIpc) is 2.81. The van der Waals surface area contributed by atoms with Crippen LogP contribution in [0.5, 0.6) is 0 Å². The Morgan fingerprint density at radius 3 is 2.52 bits per heavy atom. The van der Waals surface area contributed by atoms with E-state index in [2.05, 4.69) is 19.1 Å². The molecule has 5 heteroatoms. The molecular formula is C16H30O5. The van der Waals surface area contributed by atoms with E-state index in [-0.39, 0.29) is 13.2 Å². The molecule has 0 aromatic rings. The smallest absolute Gasteiger partial charge is 0.114 e. The molecule has 0 radical (unpaired) electrons. The first kappa shape index (κ1) is 18.6. The Labute approximate surface area is 127 Å². The van der Waals surface area contributed by atoms with Crippen LogP contribution in [0.3, 0.4) is 0 Å². The zero-order valence-corrected chi connectivity index (χ0v) is 13.0. The molecule has 0 aromatic carbocycles. The molecule has 0 unspecified atom stereocenters. The molecule has 3 N–H and O–H groups in total. The van der Waals surface area contributed by atoms with Crippen molar-refractivity contribution < 1.29 is 24.8 Å². The van der Waals surface area contributed by atoms with Crippen molar-refractivity contribution in [1.82, 2.24) is 0 Å². The minimum atomic E-state index is -1.03. The van der Waals surface area contributed by atoms with Crippen LogP contribution in [0.2, 0.25) is 0 Å². The summed E-state index contributed by atoms with van der Waals surface area (Å²) >= 11 is 0. The molecule has 1 rings (SSSR count). The molecule has 1 heterocycles. The number of unbranched alkanes of at least 4 members (excludes halogenated alkanes) is 4. The van der Waals surface area contributed by atoms with Crippen molar-refractivity contribution >= 4 is 0 Å². The highest BCUT2D eigenvalue weighted by Crippen LogP contribution is 2.17. The standard InChI is InChI=1S/C16H30O5/c1-2-3-4-5-6-7-8-9-10-20-11-14(18)16-15(19)13(17)12-21-16/h5-6,13-19H,2-4,7-12H2,1H3/b6-5+/t13-,14+,15-,16-/m1/s1. The highest BCUT2D eigenvalue weighted by molar-refractivity contribution is 4.87. The molecule has 0 spiro atoms. The molecule has 1 saturated heterocycles. The highest BCUT2D eigenvalue weighted by atomic mass is 16.5. The van der Waals surface area contributed by atoms with Crippen LogP contribution in [-0.4, -0.2) is 59.6 Å². The van der Waals surface area contributed by atoms with Crippen LogP contribution in [-0.2, 0) is 9.47 Å².